The molecule has 1 amide bonds. The van der Waals surface area contributed by atoms with Gasteiger partial charge in [0.2, 0.25) is 0 Å². The first kappa shape index (κ1) is 22.6. The molecule has 0 bridgehead atoms. The Labute approximate surface area is 197 Å². The van der Waals surface area contributed by atoms with Crippen LogP contribution < -0.4 is 15.8 Å². The Morgan fingerprint density at radius 2 is 1.91 bits per heavy atom. The van der Waals surface area contributed by atoms with E-state index < -0.39 is 0 Å². The van der Waals surface area contributed by atoms with E-state index in [1.807, 2.05) is 42.5 Å². The lowest BCUT2D eigenvalue weighted by Gasteiger charge is -2.09. The van der Waals surface area contributed by atoms with E-state index >= 15 is 0 Å². The Hall–Kier alpha value is -4.64. The van der Waals surface area contributed by atoms with Gasteiger partial charge in [-0.3, -0.25) is 9.78 Å². The molecule has 3 N–H and O–H groups in total. The van der Waals surface area contributed by atoms with Gasteiger partial charge in [-0.25, -0.2) is 4.68 Å². The number of anilines is 1. The average molecular weight is 453 g/mol. The number of hydrogen-bond donors (Lipinski definition) is 2. The predicted molar refractivity (Wildman–Crippen MR) is 129 cm³/mol. The van der Waals surface area contributed by atoms with Crippen LogP contribution in [0.3, 0.4) is 0 Å². The summed E-state index contributed by atoms with van der Waals surface area (Å²) in [5.74, 6) is 0.652. The van der Waals surface area contributed by atoms with Crippen molar-refractivity contribution in [3.63, 3.8) is 0 Å². The van der Waals surface area contributed by atoms with Crippen LogP contribution >= 0.6 is 0 Å². The number of amides is 1. The van der Waals surface area contributed by atoms with Gasteiger partial charge in [0.05, 0.1) is 12.7 Å². The third-order valence-electron chi connectivity index (χ3n) is 5.47. The average Bonchev–Trinajstić information content (AvgIpc) is 3.21. The van der Waals surface area contributed by atoms with Crippen molar-refractivity contribution < 1.29 is 9.53 Å². The van der Waals surface area contributed by atoms with Gasteiger partial charge in [-0.15, -0.1) is 0 Å². The van der Waals surface area contributed by atoms with Crippen molar-refractivity contribution in [2.45, 2.75) is 19.5 Å². The first-order valence-corrected chi connectivity index (χ1v) is 10.8. The molecule has 34 heavy (non-hydrogen) atoms. The van der Waals surface area contributed by atoms with Gasteiger partial charge in [0, 0.05) is 31.0 Å². The minimum absolute atomic E-state index is 0.214. The molecule has 0 unspecified atom stereocenters. The number of rotatable bonds is 8. The van der Waals surface area contributed by atoms with Crippen molar-refractivity contribution in [3.8, 4) is 23.1 Å². The fraction of sp³-hybridized carbons (Fsp3) is 0.154. The highest BCUT2D eigenvalue weighted by Crippen LogP contribution is 2.27. The summed E-state index contributed by atoms with van der Waals surface area (Å²) in [6, 6.07) is 20.7. The molecule has 0 spiro atoms. The monoisotopic (exact) mass is 452 g/mol. The van der Waals surface area contributed by atoms with Crippen LogP contribution in [0.2, 0.25) is 0 Å². The Balaban J connectivity index is 1.46. The van der Waals surface area contributed by atoms with Gasteiger partial charge in [0.15, 0.2) is 0 Å². The molecule has 0 aliphatic heterocycles. The fourth-order valence-corrected chi connectivity index (χ4v) is 3.63. The number of aryl methyl sites for hydroxylation is 2. The normalized spacial score (nSPS) is 10.5. The Bertz CT molecular complexity index is 1320. The molecule has 4 aromatic rings. The lowest BCUT2D eigenvalue weighted by atomic mass is 10.1. The molecule has 2 heterocycles. The minimum atomic E-state index is -0.214. The van der Waals surface area contributed by atoms with Crippen molar-refractivity contribution >= 4 is 11.7 Å². The molecule has 0 fully saturated rings. The number of aromatic nitrogens is 3. The van der Waals surface area contributed by atoms with Crippen LogP contribution in [0.1, 0.15) is 27.0 Å². The lowest BCUT2D eigenvalue weighted by Crippen LogP contribution is -2.23. The highest BCUT2D eigenvalue weighted by molar-refractivity contribution is 5.96. The van der Waals surface area contributed by atoms with E-state index in [2.05, 4.69) is 21.5 Å². The molecule has 4 rings (SSSR count). The third kappa shape index (κ3) is 4.89. The molecule has 170 valence electrons. The van der Waals surface area contributed by atoms with E-state index in [-0.39, 0.29) is 5.91 Å². The lowest BCUT2D eigenvalue weighted by molar-refractivity contribution is 0.0948. The smallest absolute Gasteiger partial charge is 0.255 e. The van der Waals surface area contributed by atoms with Gasteiger partial charge in [-0.2, -0.15) is 10.4 Å². The summed E-state index contributed by atoms with van der Waals surface area (Å²) < 4.78 is 6.90. The van der Waals surface area contributed by atoms with Crippen LogP contribution in [0.4, 0.5) is 5.82 Å². The summed E-state index contributed by atoms with van der Waals surface area (Å²) in [5, 5.41) is 17.2. The quantitative estimate of drug-likeness (QED) is 0.422. The van der Waals surface area contributed by atoms with Crippen LogP contribution in [0, 0.1) is 11.3 Å². The maximum absolute atomic E-state index is 12.5. The minimum Gasteiger partial charge on any atom is -0.496 e. The van der Waals surface area contributed by atoms with Crippen LogP contribution in [-0.4, -0.2) is 27.8 Å². The number of nitriles is 1. The second-order valence-electron chi connectivity index (χ2n) is 7.63. The molecule has 2 aromatic heterocycles. The van der Waals surface area contributed by atoms with Gasteiger partial charge in [-0.1, -0.05) is 42.5 Å². The van der Waals surface area contributed by atoms with E-state index in [0.717, 1.165) is 16.7 Å². The maximum Gasteiger partial charge on any atom is 0.255 e. The fourth-order valence-electron chi connectivity index (χ4n) is 3.63. The SMILES string of the molecule is COc1ccccc1C(=O)NCc1ccc(-c2nn(CCc3cccnc3)c(N)c2C#N)cc1. The van der Waals surface area contributed by atoms with Crippen molar-refractivity contribution in [1.82, 2.24) is 20.1 Å². The maximum atomic E-state index is 12.5. The molecular weight excluding hydrogens is 428 g/mol. The number of para-hydroxylation sites is 1. The number of nitrogens with two attached hydrogens (primary N) is 1. The van der Waals surface area contributed by atoms with E-state index in [4.69, 9.17) is 10.5 Å². The highest BCUT2D eigenvalue weighted by atomic mass is 16.5. The van der Waals surface area contributed by atoms with Crippen molar-refractivity contribution in [3.05, 3.63) is 95.3 Å². The highest BCUT2D eigenvalue weighted by Gasteiger charge is 2.17. The van der Waals surface area contributed by atoms with Crippen molar-refractivity contribution in [2.75, 3.05) is 12.8 Å². The molecule has 8 heteroatoms. The number of carbonyl (C=O) groups excluding carboxylic acids is 1. The number of benzene rings is 2. The zero-order valence-electron chi connectivity index (χ0n) is 18.7. The third-order valence-corrected chi connectivity index (χ3v) is 5.47. The summed E-state index contributed by atoms with van der Waals surface area (Å²) in [6.45, 7) is 0.892. The summed E-state index contributed by atoms with van der Waals surface area (Å²) >= 11 is 0. The van der Waals surface area contributed by atoms with Crippen LogP contribution in [-0.2, 0) is 19.5 Å². The van der Waals surface area contributed by atoms with Gasteiger partial charge in [0.1, 0.15) is 28.9 Å². The van der Waals surface area contributed by atoms with Crippen LogP contribution in [0.5, 0.6) is 5.75 Å². The molecule has 0 saturated carbocycles. The Morgan fingerprint density at radius 3 is 2.62 bits per heavy atom. The number of nitrogens with one attached hydrogen (secondary N) is 1. The number of methoxy groups -OCH3 is 1. The second kappa shape index (κ2) is 10.3. The van der Waals surface area contributed by atoms with E-state index in [9.17, 15) is 10.1 Å². The first-order chi connectivity index (χ1) is 16.6. The van der Waals surface area contributed by atoms with Crippen molar-refractivity contribution in [2.24, 2.45) is 0 Å². The molecule has 0 radical (unpaired) electrons. The first-order valence-electron chi connectivity index (χ1n) is 10.8. The Morgan fingerprint density at radius 1 is 1.12 bits per heavy atom. The number of hydrogen-bond acceptors (Lipinski definition) is 6. The van der Waals surface area contributed by atoms with E-state index in [1.165, 1.54) is 7.11 Å². The van der Waals surface area contributed by atoms with E-state index in [0.29, 0.717) is 47.9 Å². The van der Waals surface area contributed by atoms with Gasteiger partial charge in [0.25, 0.3) is 5.91 Å². The van der Waals surface area contributed by atoms with Crippen LogP contribution in [0.25, 0.3) is 11.3 Å². The van der Waals surface area contributed by atoms with Crippen LogP contribution in [0.15, 0.2) is 73.1 Å². The molecule has 0 saturated heterocycles. The number of ether oxygens (including phenoxy) is 1. The number of nitrogens with zero attached hydrogens (tertiary/aromatic N) is 4. The van der Waals surface area contributed by atoms with Gasteiger partial charge in [-0.05, 0) is 35.7 Å². The van der Waals surface area contributed by atoms with Gasteiger partial charge < -0.3 is 15.8 Å². The Kier molecular flexibility index (Phi) is 6.84. The summed E-state index contributed by atoms with van der Waals surface area (Å²) in [6.07, 6.45) is 4.23. The molecule has 2 aromatic carbocycles. The second-order valence-corrected chi connectivity index (χ2v) is 7.63. The van der Waals surface area contributed by atoms with Crippen molar-refractivity contribution in [1.29, 1.82) is 5.26 Å². The topological polar surface area (TPSA) is 119 Å². The molecular formula is C26H24N6O2. The largest absolute Gasteiger partial charge is 0.496 e. The predicted octanol–water partition coefficient (Wildman–Crippen LogP) is 3.58. The molecule has 8 nitrogen and oxygen atoms in total. The number of nitrogen functional groups attached to an aromatic ring is 1. The summed E-state index contributed by atoms with van der Waals surface area (Å²) in [7, 11) is 1.54. The zero-order valence-corrected chi connectivity index (χ0v) is 18.7. The summed E-state index contributed by atoms with van der Waals surface area (Å²) in [4.78, 5) is 16.6. The molecule has 0 atom stereocenters. The number of carbonyl (C=O) groups is 1. The molecule has 0 aliphatic carbocycles. The standard InChI is InChI=1S/C26H24N6O2/c1-34-23-7-3-2-6-21(23)26(33)30-17-19-8-10-20(11-9-19)24-22(15-27)25(28)32(31-24)14-12-18-5-4-13-29-16-18/h2-11,13,16H,12,14,17,28H2,1H3,(H,30,33). The summed E-state index contributed by atoms with van der Waals surface area (Å²) in [5.41, 5.74) is 10.3. The number of pyridine rings is 1. The molecule has 0 aliphatic rings. The van der Waals surface area contributed by atoms with E-state index in [1.54, 1.807) is 35.3 Å². The zero-order chi connectivity index (χ0) is 23.9. The van der Waals surface area contributed by atoms with Gasteiger partial charge >= 0.3 is 0 Å².